The molecule has 3 aliphatic rings. The van der Waals surface area contributed by atoms with Crippen LogP contribution in [0.4, 0.5) is 11.6 Å². The number of aromatic nitrogens is 2. The second kappa shape index (κ2) is 10.1. The molecule has 0 atom stereocenters. The maximum Gasteiger partial charge on any atom is 0.276 e. The molecule has 37 heavy (non-hydrogen) atoms. The minimum absolute atomic E-state index is 0.0834. The predicted molar refractivity (Wildman–Crippen MR) is 137 cm³/mol. The number of carbonyl (C=O) groups excluding carboxylic acids is 2. The lowest BCUT2D eigenvalue weighted by molar-refractivity contribution is -0.133. The molecular formula is C28H29N5O4. The quantitative estimate of drug-likeness (QED) is 0.552. The van der Waals surface area contributed by atoms with Crippen molar-refractivity contribution in [1.82, 2.24) is 20.4 Å². The van der Waals surface area contributed by atoms with Crippen LogP contribution in [0.1, 0.15) is 52.7 Å². The van der Waals surface area contributed by atoms with Crippen LogP contribution in [-0.4, -0.2) is 46.5 Å². The van der Waals surface area contributed by atoms with E-state index < -0.39 is 5.91 Å². The molecule has 0 bridgehead atoms. The van der Waals surface area contributed by atoms with Gasteiger partial charge in [-0.2, -0.15) is 4.98 Å². The van der Waals surface area contributed by atoms with Crippen molar-refractivity contribution in [3.63, 3.8) is 0 Å². The van der Waals surface area contributed by atoms with Crippen LogP contribution in [0.3, 0.4) is 0 Å². The molecule has 9 heteroatoms. The molecule has 0 radical (unpaired) electrons. The van der Waals surface area contributed by atoms with Gasteiger partial charge in [-0.3, -0.25) is 20.0 Å². The molecule has 1 N–H and O–H groups in total. The number of fused-ring (bicyclic) bond motifs is 2. The van der Waals surface area contributed by atoms with Gasteiger partial charge in [-0.05, 0) is 54.2 Å². The van der Waals surface area contributed by atoms with Gasteiger partial charge in [-0.25, -0.2) is 4.98 Å². The Hall–Kier alpha value is -4.14. The number of benzene rings is 2. The van der Waals surface area contributed by atoms with Gasteiger partial charge in [0.15, 0.2) is 0 Å². The van der Waals surface area contributed by atoms with Crippen LogP contribution in [0.2, 0.25) is 0 Å². The third-order valence-corrected chi connectivity index (χ3v) is 7.05. The first kappa shape index (κ1) is 23.3. The SMILES string of the molecule is O=C(NN1CCCCCC1=O)c1cnc(N2CCc3ccccc32)nc1OCc1ccc2c(c1)CCO2. The molecule has 0 saturated carbocycles. The van der Waals surface area contributed by atoms with E-state index in [1.54, 1.807) is 0 Å². The number of carbonyl (C=O) groups is 2. The summed E-state index contributed by atoms with van der Waals surface area (Å²) in [4.78, 5) is 37.0. The summed E-state index contributed by atoms with van der Waals surface area (Å²) in [5, 5.41) is 1.41. The zero-order valence-electron chi connectivity index (χ0n) is 20.6. The number of hydrogen-bond acceptors (Lipinski definition) is 7. The van der Waals surface area contributed by atoms with Crippen molar-refractivity contribution in [3.05, 3.63) is 70.9 Å². The van der Waals surface area contributed by atoms with Gasteiger partial charge >= 0.3 is 0 Å². The minimum atomic E-state index is -0.457. The number of ether oxygens (including phenoxy) is 2. The van der Waals surface area contributed by atoms with Gasteiger partial charge < -0.3 is 14.4 Å². The van der Waals surface area contributed by atoms with E-state index in [9.17, 15) is 9.59 Å². The van der Waals surface area contributed by atoms with Crippen LogP contribution in [-0.2, 0) is 24.2 Å². The van der Waals surface area contributed by atoms with E-state index in [4.69, 9.17) is 14.5 Å². The molecule has 0 unspecified atom stereocenters. The first-order valence-electron chi connectivity index (χ1n) is 12.9. The molecule has 4 heterocycles. The highest BCUT2D eigenvalue weighted by Crippen LogP contribution is 2.34. The van der Waals surface area contributed by atoms with Crippen molar-refractivity contribution in [2.45, 2.75) is 45.1 Å². The highest BCUT2D eigenvalue weighted by Gasteiger charge is 2.26. The molecule has 3 aliphatic heterocycles. The molecule has 6 rings (SSSR count). The summed E-state index contributed by atoms with van der Waals surface area (Å²) < 4.78 is 11.8. The molecular weight excluding hydrogens is 470 g/mol. The van der Waals surface area contributed by atoms with Gasteiger partial charge in [0.05, 0.1) is 6.61 Å². The van der Waals surface area contributed by atoms with E-state index in [1.807, 2.05) is 35.2 Å². The Kier molecular flexibility index (Phi) is 6.34. The number of nitrogens with zero attached hydrogens (tertiary/aromatic N) is 4. The number of rotatable bonds is 6. The van der Waals surface area contributed by atoms with Crippen LogP contribution in [0, 0.1) is 0 Å². The predicted octanol–water partition coefficient (Wildman–Crippen LogP) is 3.73. The Balaban J connectivity index is 1.28. The molecule has 1 aromatic heterocycles. The number of anilines is 2. The monoisotopic (exact) mass is 499 g/mol. The Morgan fingerprint density at radius 1 is 1.03 bits per heavy atom. The van der Waals surface area contributed by atoms with Crippen LogP contribution in [0.25, 0.3) is 0 Å². The van der Waals surface area contributed by atoms with Gasteiger partial charge in [-0.15, -0.1) is 0 Å². The highest BCUT2D eigenvalue weighted by molar-refractivity contribution is 5.97. The molecule has 190 valence electrons. The number of para-hydroxylation sites is 1. The summed E-state index contributed by atoms with van der Waals surface area (Å²) >= 11 is 0. The summed E-state index contributed by atoms with van der Waals surface area (Å²) in [5.41, 5.74) is 7.35. The molecule has 0 aliphatic carbocycles. The van der Waals surface area contributed by atoms with Crippen LogP contribution in [0.15, 0.2) is 48.7 Å². The molecule has 1 saturated heterocycles. The molecule has 3 aromatic rings. The fourth-order valence-electron chi connectivity index (χ4n) is 5.06. The molecule has 2 amide bonds. The van der Waals surface area contributed by atoms with E-state index in [0.29, 0.717) is 25.5 Å². The zero-order valence-corrected chi connectivity index (χ0v) is 20.6. The summed E-state index contributed by atoms with van der Waals surface area (Å²) in [5.74, 6) is 1.03. The Morgan fingerprint density at radius 3 is 2.89 bits per heavy atom. The summed E-state index contributed by atoms with van der Waals surface area (Å²) in [6, 6.07) is 14.1. The molecule has 0 spiro atoms. The second-order valence-corrected chi connectivity index (χ2v) is 9.55. The number of hydrazine groups is 1. The van der Waals surface area contributed by atoms with Crippen LogP contribution >= 0.6 is 0 Å². The first-order chi connectivity index (χ1) is 18.2. The van der Waals surface area contributed by atoms with Crippen LogP contribution < -0.4 is 19.8 Å². The zero-order chi connectivity index (χ0) is 25.2. The Bertz CT molecular complexity index is 1340. The smallest absolute Gasteiger partial charge is 0.276 e. The molecule has 1 fully saturated rings. The van der Waals surface area contributed by atoms with Crippen molar-refractivity contribution in [2.24, 2.45) is 0 Å². The number of hydrogen-bond donors (Lipinski definition) is 1. The third kappa shape index (κ3) is 4.81. The van der Waals surface area contributed by atoms with Crippen molar-refractivity contribution in [3.8, 4) is 11.6 Å². The highest BCUT2D eigenvalue weighted by atomic mass is 16.5. The Labute approximate surface area is 215 Å². The minimum Gasteiger partial charge on any atom is -0.493 e. The van der Waals surface area contributed by atoms with Crippen molar-refractivity contribution < 1.29 is 19.1 Å². The van der Waals surface area contributed by atoms with Gasteiger partial charge in [0.25, 0.3) is 5.91 Å². The maximum absolute atomic E-state index is 13.3. The van der Waals surface area contributed by atoms with Crippen molar-refractivity contribution in [2.75, 3.05) is 24.6 Å². The Morgan fingerprint density at radius 2 is 1.95 bits per heavy atom. The lowest BCUT2D eigenvalue weighted by atomic mass is 10.1. The first-order valence-corrected chi connectivity index (χ1v) is 12.9. The second-order valence-electron chi connectivity index (χ2n) is 9.55. The largest absolute Gasteiger partial charge is 0.493 e. The fraction of sp³-hybridized carbons (Fsp3) is 0.357. The van der Waals surface area contributed by atoms with Crippen LogP contribution in [0.5, 0.6) is 11.6 Å². The van der Waals surface area contributed by atoms with Gasteiger partial charge in [0.1, 0.15) is 17.9 Å². The third-order valence-electron chi connectivity index (χ3n) is 7.05. The van der Waals surface area contributed by atoms with E-state index >= 15 is 0 Å². The topological polar surface area (TPSA) is 96.9 Å². The normalized spacial score (nSPS) is 16.6. The maximum atomic E-state index is 13.3. The van der Waals surface area contributed by atoms with E-state index in [-0.39, 0.29) is 24.0 Å². The van der Waals surface area contributed by atoms with Gasteiger partial charge in [-0.1, -0.05) is 30.7 Å². The average Bonchev–Trinajstić information content (AvgIpc) is 3.52. The number of nitrogens with one attached hydrogen (secondary N) is 1. The molecule has 2 aromatic carbocycles. The van der Waals surface area contributed by atoms with E-state index in [2.05, 4.69) is 22.5 Å². The average molecular weight is 500 g/mol. The fourth-order valence-corrected chi connectivity index (χ4v) is 5.06. The van der Waals surface area contributed by atoms with Gasteiger partial charge in [0.2, 0.25) is 17.7 Å². The summed E-state index contributed by atoms with van der Waals surface area (Å²) in [6.07, 6.45) is 6.33. The number of amides is 2. The lowest BCUT2D eigenvalue weighted by Gasteiger charge is -2.22. The standard InChI is InChI=1S/C28H29N5O4/c34-25-8-2-1-5-13-33(25)31-26(35)22-17-29-28(32-14-11-20-6-3-4-7-23(20)32)30-27(22)37-18-19-9-10-24-21(16-19)12-15-36-24/h3-4,6-7,9-10,16-17H,1-2,5,8,11-15,18H2,(H,31,35). The van der Waals surface area contributed by atoms with Crippen molar-refractivity contribution in [1.29, 1.82) is 0 Å². The summed E-state index contributed by atoms with van der Waals surface area (Å²) in [6.45, 7) is 2.16. The lowest BCUT2D eigenvalue weighted by Crippen LogP contribution is -2.46. The van der Waals surface area contributed by atoms with E-state index in [0.717, 1.165) is 61.2 Å². The summed E-state index contributed by atoms with van der Waals surface area (Å²) in [7, 11) is 0. The van der Waals surface area contributed by atoms with E-state index in [1.165, 1.54) is 16.8 Å². The van der Waals surface area contributed by atoms with Gasteiger partial charge in [0, 0.05) is 37.8 Å². The molecule has 9 nitrogen and oxygen atoms in total. The van der Waals surface area contributed by atoms with Crippen molar-refractivity contribution >= 4 is 23.5 Å².